The van der Waals surface area contributed by atoms with Crippen LogP contribution >= 0.6 is 0 Å². The Labute approximate surface area is 152 Å². The molecule has 1 fully saturated rings. The molecule has 0 spiro atoms. The van der Waals surface area contributed by atoms with Gasteiger partial charge in [0.25, 0.3) is 11.8 Å². The van der Waals surface area contributed by atoms with Crippen molar-refractivity contribution >= 4 is 17.7 Å². The van der Waals surface area contributed by atoms with Gasteiger partial charge in [0.2, 0.25) is 5.91 Å². The van der Waals surface area contributed by atoms with E-state index >= 15 is 0 Å². The molecule has 0 saturated heterocycles. The predicted molar refractivity (Wildman–Crippen MR) is 95.0 cm³/mol. The predicted octanol–water partition coefficient (Wildman–Crippen LogP) is 1.14. The summed E-state index contributed by atoms with van der Waals surface area (Å²) in [5.41, 5.74) is 6.97. The van der Waals surface area contributed by atoms with Crippen LogP contribution in [0.25, 0.3) is 0 Å². The fraction of sp³-hybridized carbons (Fsp3) is 0.667. The van der Waals surface area contributed by atoms with Crippen LogP contribution in [0.4, 0.5) is 0 Å². The molecule has 0 aliphatic heterocycles. The molecule has 0 atom stereocenters. The summed E-state index contributed by atoms with van der Waals surface area (Å²) in [5.74, 6) is -0.580. The number of nitrogens with zero attached hydrogens (tertiary/aromatic N) is 1. The number of amides is 3. The molecule has 8 nitrogen and oxygen atoms in total. The first-order valence-electron chi connectivity index (χ1n) is 9.55. The molecule has 2 aliphatic rings. The second-order valence-corrected chi connectivity index (χ2v) is 7.22. The van der Waals surface area contributed by atoms with Gasteiger partial charge >= 0.3 is 0 Å². The third-order valence-electron chi connectivity index (χ3n) is 5.23. The molecular weight excluding hydrogens is 334 g/mol. The van der Waals surface area contributed by atoms with Gasteiger partial charge in [0.1, 0.15) is 0 Å². The highest BCUT2D eigenvalue weighted by Gasteiger charge is 2.22. The number of rotatable bonds is 5. The molecule has 0 bridgehead atoms. The average Bonchev–Trinajstić information content (AvgIpc) is 3.09. The summed E-state index contributed by atoms with van der Waals surface area (Å²) < 4.78 is 0. The molecule has 1 aromatic rings. The van der Waals surface area contributed by atoms with E-state index in [0.717, 1.165) is 49.8 Å². The smallest absolute Gasteiger partial charge is 0.290 e. The molecule has 8 heteroatoms. The monoisotopic (exact) mass is 361 g/mol. The van der Waals surface area contributed by atoms with Crippen molar-refractivity contribution in [3.63, 3.8) is 0 Å². The first-order valence-corrected chi connectivity index (χ1v) is 9.55. The summed E-state index contributed by atoms with van der Waals surface area (Å²) in [5, 5.41) is 9.56. The Morgan fingerprint density at radius 1 is 0.962 bits per heavy atom. The van der Waals surface area contributed by atoms with Gasteiger partial charge in [-0.2, -0.15) is 5.10 Å². The van der Waals surface area contributed by atoms with Gasteiger partial charge in [-0.1, -0.05) is 19.3 Å². The van der Waals surface area contributed by atoms with Crippen molar-refractivity contribution in [2.75, 3.05) is 6.54 Å². The third-order valence-corrected chi connectivity index (χ3v) is 5.23. The first kappa shape index (κ1) is 18.4. The van der Waals surface area contributed by atoms with Gasteiger partial charge in [-0.05, 0) is 44.4 Å². The SMILES string of the molecule is O=C(CC1CCCCC1)NCC(=O)NNC(=O)c1n[nH]c2c1CCCC2. The zero-order chi connectivity index (χ0) is 18.4. The van der Waals surface area contributed by atoms with Crippen LogP contribution in [-0.2, 0) is 22.4 Å². The molecule has 1 aromatic heterocycles. The highest BCUT2D eigenvalue weighted by molar-refractivity contribution is 5.95. The quantitative estimate of drug-likeness (QED) is 0.588. The summed E-state index contributed by atoms with van der Waals surface area (Å²) in [6.07, 6.45) is 10.1. The molecule has 3 rings (SSSR count). The first-order chi connectivity index (χ1) is 12.6. The van der Waals surface area contributed by atoms with Crippen LogP contribution in [0.2, 0.25) is 0 Å². The molecule has 0 aromatic carbocycles. The minimum atomic E-state index is -0.459. The van der Waals surface area contributed by atoms with Crippen molar-refractivity contribution < 1.29 is 14.4 Å². The lowest BCUT2D eigenvalue weighted by Gasteiger charge is -2.20. The minimum Gasteiger partial charge on any atom is -0.347 e. The third kappa shape index (κ3) is 4.83. The van der Waals surface area contributed by atoms with Crippen molar-refractivity contribution in [2.24, 2.45) is 5.92 Å². The Bertz CT molecular complexity index is 664. The van der Waals surface area contributed by atoms with E-state index in [9.17, 15) is 14.4 Å². The summed E-state index contributed by atoms with van der Waals surface area (Å²) in [7, 11) is 0. The second-order valence-electron chi connectivity index (χ2n) is 7.22. The fourth-order valence-corrected chi connectivity index (χ4v) is 3.80. The highest BCUT2D eigenvalue weighted by Crippen LogP contribution is 2.26. The van der Waals surface area contributed by atoms with E-state index in [4.69, 9.17) is 0 Å². The van der Waals surface area contributed by atoms with E-state index in [2.05, 4.69) is 26.4 Å². The minimum absolute atomic E-state index is 0.111. The van der Waals surface area contributed by atoms with Crippen LogP contribution in [-0.4, -0.2) is 34.5 Å². The number of hydrazine groups is 1. The number of nitrogens with one attached hydrogen (secondary N) is 4. The van der Waals surface area contributed by atoms with E-state index in [-0.39, 0.29) is 12.5 Å². The van der Waals surface area contributed by atoms with Crippen LogP contribution in [0, 0.1) is 5.92 Å². The number of aromatic nitrogens is 2. The summed E-state index contributed by atoms with van der Waals surface area (Å²) in [6, 6.07) is 0. The number of aryl methyl sites for hydroxylation is 1. The van der Waals surface area contributed by atoms with Crippen molar-refractivity contribution in [2.45, 2.75) is 64.2 Å². The number of hydrogen-bond acceptors (Lipinski definition) is 4. The maximum absolute atomic E-state index is 12.2. The standard InChI is InChI=1S/C18H27N5O3/c24-15(10-12-6-2-1-3-7-12)19-11-16(25)21-23-18(26)17-13-8-4-5-9-14(13)20-22-17/h12H,1-11H2,(H,19,24)(H,20,22)(H,21,25)(H,23,26). The number of carbonyl (C=O) groups is 3. The van der Waals surface area contributed by atoms with Gasteiger partial charge in [-0.25, -0.2) is 0 Å². The molecule has 1 saturated carbocycles. The lowest BCUT2D eigenvalue weighted by atomic mass is 9.87. The Kier molecular flexibility index (Phi) is 6.25. The molecule has 1 heterocycles. The molecular formula is C18H27N5O3. The van der Waals surface area contributed by atoms with Crippen molar-refractivity contribution in [1.29, 1.82) is 0 Å². The number of carbonyl (C=O) groups excluding carboxylic acids is 3. The van der Waals surface area contributed by atoms with Crippen LogP contribution in [0.5, 0.6) is 0 Å². The van der Waals surface area contributed by atoms with E-state index in [0.29, 0.717) is 18.0 Å². The van der Waals surface area contributed by atoms with E-state index < -0.39 is 11.8 Å². The average molecular weight is 361 g/mol. The largest absolute Gasteiger partial charge is 0.347 e. The molecule has 26 heavy (non-hydrogen) atoms. The van der Waals surface area contributed by atoms with E-state index in [1.807, 2.05) is 0 Å². The van der Waals surface area contributed by atoms with Gasteiger partial charge in [0.05, 0.1) is 6.54 Å². The van der Waals surface area contributed by atoms with Gasteiger partial charge in [0, 0.05) is 17.7 Å². The zero-order valence-corrected chi connectivity index (χ0v) is 15.0. The number of fused-ring (bicyclic) bond motifs is 1. The fourth-order valence-electron chi connectivity index (χ4n) is 3.80. The molecule has 4 N–H and O–H groups in total. The summed E-state index contributed by atoms with van der Waals surface area (Å²) in [6.45, 7) is -0.148. The Hall–Kier alpha value is -2.38. The second kappa shape index (κ2) is 8.82. The number of H-pyrrole nitrogens is 1. The molecule has 2 aliphatic carbocycles. The van der Waals surface area contributed by atoms with E-state index in [1.54, 1.807) is 0 Å². The lowest BCUT2D eigenvalue weighted by Crippen LogP contribution is -2.46. The lowest BCUT2D eigenvalue weighted by molar-refractivity contribution is -0.127. The van der Waals surface area contributed by atoms with Gasteiger partial charge < -0.3 is 5.32 Å². The van der Waals surface area contributed by atoms with Gasteiger partial charge in [-0.15, -0.1) is 0 Å². The van der Waals surface area contributed by atoms with Crippen molar-refractivity contribution in [3.8, 4) is 0 Å². The Balaban J connectivity index is 1.37. The maximum Gasteiger partial charge on any atom is 0.290 e. The molecule has 3 amide bonds. The van der Waals surface area contributed by atoms with Crippen molar-refractivity contribution in [3.05, 3.63) is 17.0 Å². The van der Waals surface area contributed by atoms with Crippen LogP contribution in [0.3, 0.4) is 0 Å². The molecule has 0 radical (unpaired) electrons. The normalized spacial score (nSPS) is 17.2. The molecule has 142 valence electrons. The Morgan fingerprint density at radius 2 is 1.73 bits per heavy atom. The zero-order valence-electron chi connectivity index (χ0n) is 15.0. The molecule has 0 unspecified atom stereocenters. The topological polar surface area (TPSA) is 116 Å². The number of aromatic amines is 1. The van der Waals surface area contributed by atoms with Crippen molar-refractivity contribution in [1.82, 2.24) is 26.4 Å². The Morgan fingerprint density at radius 3 is 2.54 bits per heavy atom. The van der Waals surface area contributed by atoms with Crippen LogP contribution < -0.4 is 16.2 Å². The summed E-state index contributed by atoms with van der Waals surface area (Å²) in [4.78, 5) is 35.9. The maximum atomic E-state index is 12.2. The van der Waals surface area contributed by atoms with Crippen LogP contribution in [0.1, 0.15) is 73.1 Å². The highest BCUT2D eigenvalue weighted by atomic mass is 16.2. The number of hydrogen-bond donors (Lipinski definition) is 4. The van der Waals surface area contributed by atoms with Gasteiger partial charge in [-0.3, -0.25) is 30.3 Å². The summed E-state index contributed by atoms with van der Waals surface area (Å²) >= 11 is 0. The van der Waals surface area contributed by atoms with Crippen LogP contribution in [0.15, 0.2) is 0 Å². The van der Waals surface area contributed by atoms with E-state index in [1.165, 1.54) is 19.3 Å². The van der Waals surface area contributed by atoms with Gasteiger partial charge in [0.15, 0.2) is 5.69 Å².